The van der Waals surface area contributed by atoms with Gasteiger partial charge in [0.1, 0.15) is 11.4 Å². The second-order valence-electron chi connectivity index (χ2n) is 5.56. The van der Waals surface area contributed by atoms with Gasteiger partial charge in [0, 0.05) is 13.1 Å². The molecule has 3 heterocycles. The van der Waals surface area contributed by atoms with Crippen LogP contribution in [0.4, 0.5) is 5.82 Å². The highest BCUT2D eigenvalue weighted by atomic mass is 32.2. The molecule has 0 bridgehead atoms. The van der Waals surface area contributed by atoms with Gasteiger partial charge in [0.15, 0.2) is 5.16 Å². The fourth-order valence-electron chi connectivity index (χ4n) is 2.81. The summed E-state index contributed by atoms with van der Waals surface area (Å²) in [7, 11) is 0. The second kappa shape index (κ2) is 4.89. The van der Waals surface area contributed by atoms with Crippen molar-refractivity contribution in [1.29, 1.82) is 0 Å². The minimum atomic E-state index is -0.731. The van der Waals surface area contributed by atoms with Gasteiger partial charge >= 0.3 is 0 Å². The normalized spacial score (nSPS) is 25.6. The van der Waals surface area contributed by atoms with Gasteiger partial charge in [-0.3, -0.25) is 4.79 Å². The monoisotopic (exact) mass is 294 g/mol. The molecule has 1 fully saturated rings. The van der Waals surface area contributed by atoms with Gasteiger partial charge in [-0.1, -0.05) is 11.8 Å². The van der Waals surface area contributed by atoms with Gasteiger partial charge in [-0.15, -0.1) is 0 Å². The third-order valence-corrected chi connectivity index (χ3v) is 4.29. The van der Waals surface area contributed by atoms with Gasteiger partial charge < -0.3 is 15.3 Å². The standard InChI is InChI=1S/C13H18N4O2S/c1-13(19)4-3-5-17(7-13)10-9-8(6-14-11(9)18)15-12(16-10)20-2/h19H,3-7H2,1-2H3,(H,14,18). The molecule has 2 aliphatic rings. The van der Waals surface area contributed by atoms with Crippen molar-refractivity contribution in [3.8, 4) is 0 Å². The van der Waals surface area contributed by atoms with Crippen LogP contribution in [0.3, 0.4) is 0 Å². The van der Waals surface area contributed by atoms with Crippen LogP contribution in [0.15, 0.2) is 5.16 Å². The highest BCUT2D eigenvalue weighted by Crippen LogP contribution is 2.31. The third kappa shape index (κ3) is 2.35. The largest absolute Gasteiger partial charge is 0.388 e. The molecule has 108 valence electrons. The van der Waals surface area contributed by atoms with E-state index < -0.39 is 5.60 Å². The Morgan fingerprint density at radius 1 is 1.45 bits per heavy atom. The van der Waals surface area contributed by atoms with Crippen LogP contribution in [0.2, 0.25) is 0 Å². The Balaban J connectivity index is 2.04. The van der Waals surface area contributed by atoms with Crippen LogP contribution in [0.25, 0.3) is 0 Å². The van der Waals surface area contributed by atoms with E-state index in [9.17, 15) is 9.90 Å². The van der Waals surface area contributed by atoms with E-state index in [0.29, 0.717) is 29.6 Å². The van der Waals surface area contributed by atoms with Crippen molar-refractivity contribution in [2.45, 2.75) is 37.1 Å². The van der Waals surface area contributed by atoms with Crippen LogP contribution in [0.1, 0.15) is 35.8 Å². The van der Waals surface area contributed by atoms with E-state index in [1.165, 1.54) is 11.8 Å². The number of nitrogens with zero attached hydrogens (tertiary/aromatic N) is 3. The fraction of sp³-hybridized carbons (Fsp3) is 0.615. The fourth-order valence-corrected chi connectivity index (χ4v) is 3.18. The molecule has 2 aliphatic heterocycles. The molecule has 7 heteroatoms. The Bertz CT molecular complexity index is 562. The summed E-state index contributed by atoms with van der Waals surface area (Å²) >= 11 is 1.46. The summed E-state index contributed by atoms with van der Waals surface area (Å²) in [5, 5.41) is 13.7. The number of carbonyl (C=O) groups is 1. The van der Waals surface area contributed by atoms with Crippen molar-refractivity contribution in [1.82, 2.24) is 15.3 Å². The molecule has 1 amide bonds. The van der Waals surface area contributed by atoms with Crippen LogP contribution >= 0.6 is 11.8 Å². The first-order valence-corrected chi connectivity index (χ1v) is 7.93. The number of β-amino-alcohol motifs (C(OH)–C–C–N with tert-alkyl or cyclic N) is 1. The van der Waals surface area contributed by atoms with E-state index in [4.69, 9.17) is 0 Å². The minimum absolute atomic E-state index is 0.118. The first-order chi connectivity index (χ1) is 9.50. The highest BCUT2D eigenvalue weighted by molar-refractivity contribution is 7.98. The second-order valence-corrected chi connectivity index (χ2v) is 6.33. The number of amides is 1. The van der Waals surface area contributed by atoms with Crippen molar-refractivity contribution < 1.29 is 9.90 Å². The summed E-state index contributed by atoms with van der Waals surface area (Å²) in [6.45, 7) is 3.59. The van der Waals surface area contributed by atoms with Crippen LogP contribution in [-0.4, -0.2) is 45.9 Å². The number of anilines is 1. The van der Waals surface area contributed by atoms with E-state index in [1.807, 2.05) is 18.1 Å². The molecule has 3 rings (SSSR count). The molecule has 0 aromatic carbocycles. The van der Waals surface area contributed by atoms with Gasteiger partial charge in [-0.25, -0.2) is 9.97 Å². The number of carbonyl (C=O) groups excluding carboxylic acids is 1. The molecule has 1 atom stereocenters. The average Bonchev–Trinajstić information content (AvgIpc) is 2.78. The zero-order valence-electron chi connectivity index (χ0n) is 11.6. The Hall–Kier alpha value is -1.34. The van der Waals surface area contributed by atoms with Crippen molar-refractivity contribution in [2.24, 2.45) is 0 Å². The Morgan fingerprint density at radius 2 is 2.25 bits per heavy atom. The van der Waals surface area contributed by atoms with E-state index in [0.717, 1.165) is 25.1 Å². The molecule has 0 radical (unpaired) electrons. The lowest BCUT2D eigenvalue weighted by molar-refractivity contribution is 0.0445. The van der Waals surface area contributed by atoms with Crippen LogP contribution in [0.5, 0.6) is 0 Å². The van der Waals surface area contributed by atoms with Crippen LogP contribution in [-0.2, 0) is 6.54 Å². The number of thioether (sulfide) groups is 1. The van der Waals surface area contributed by atoms with Crippen molar-refractivity contribution in [3.63, 3.8) is 0 Å². The molecule has 0 aliphatic carbocycles. The molecule has 0 spiro atoms. The SMILES string of the molecule is CSc1nc2c(c(N3CCCC(C)(O)C3)n1)C(=O)NC2. The van der Waals surface area contributed by atoms with Crippen LogP contribution in [0, 0.1) is 0 Å². The van der Waals surface area contributed by atoms with Gasteiger partial charge in [-0.2, -0.15) is 0 Å². The Kier molecular flexibility index (Phi) is 3.33. The van der Waals surface area contributed by atoms with Gasteiger partial charge in [0.25, 0.3) is 5.91 Å². The highest BCUT2D eigenvalue weighted by Gasteiger charge is 2.34. The van der Waals surface area contributed by atoms with Crippen molar-refractivity contribution in [2.75, 3.05) is 24.2 Å². The zero-order chi connectivity index (χ0) is 14.3. The first-order valence-electron chi connectivity index (χ1n) is 6.70. The van der Waals surface area contributed by atoms with E-state index in [1.54, 1.807) is 0 Å². The van der Waals surface area contributed by atoms with E-state index >= 15 is 0 Å². The molecule has 6 nitrogen and oxygen atoms in total. The third-order valence-electron chi connectivity index (χ3n) is 3.74. The number of nitrogens with one attached hydrogen (secondary N) is 1. The van der Waals surface area contributed by atoms with Gasteiger partial charge in [0.05, 0.1) is 17.8 Å². The summed E-state index contributed by atoms with van der Waals surface area (Å²) < 4.78 is 0. The summed E-state index contributed by atoms with van der Waals surface area (Å²) in [6, 6.07) is 0. The maximum atomic E-state index is 12.0. The molecule has 1 aromatic rings. The maximum absolute atomic E-state index is 12.0. The quantitative estimate of drug-likeness (QED) is 0.620. The number of hydrogen-bond donors (Lipinski definition) is 2. The predicted octanol–water partition coefficient (Wildman–Crippen LogP) is 0.793. The molecule has 20 heavy (non-hydrogen) atoms. The molecule has 0 saturated carbocycles. The van der Waals surface area contributed by atoms with Gasteiger partial charge in [-0.05, 0) is 26.0 Å². The van der Waals surface area contributed by atoms with Crippen molar-refractivity contribution in [3.05, 3.63) is 11.3 Å². The smallest absolute Gasteiger partial charge is 0.257 e. The number of aromatic nitrogens is 2. The molecule has 1 saturated heterocycles. The maximum Gasteiger partial charge on any atom is 0.257 e. The Morgan fingerprint density at radius 3 is 2.95 bits per heavy atom. The van der Waals surface area contributed by atoms with Gasteiger partial charge in [0.2, 0.25) is 0 Å². The molecular weight excluding hydrogens is 276 g/mol. The number of aliphatic hydroxyl groups is 1. The molecular formula is C13H18N4O2S. The molecule has 1 unspecified atom stereocenters. The average molecular weight is 294 g/mol. The predicted molar refractivity (Wildman–Crippen MR) is 77.1 cm³/mol. The summed E-state index contributed by atoms with van der Waals surface area (Å²) in [4.78, 5) is 22.9. The van der Waals surface area contributed by atoms with E-state index in [2.05, 4.69) is 15.3 Å². The first kappa shape index (κ1) is 13.6. The molecule has 1 aromatic heterocycles. The van der Waals surface area contributed by atoms with Crippen molar-refractivity contribution >= 4 is 23.5 Å². The zero-order valence-corrected chi connectivity index (χ0v) is 12.5. The van der Waals surface area contributed by atoms with Crippen LogP contribution < -0.4 is 10.2 Å². The minimum Gasteiger partial charge on any atom is -0.388 e. The lowest BCUT2D eigenvalue weighted by Crippen LogP contribution is -2.47. The summed E-state index contributed by atoms with van der Waals surface area (Å²) in [5.41, 5.74) is 0.597. The lowest BCUT2D eigenvalue weighted by Gasteiger charge is -2.38. The molecule has 2 N–H and O–H groups in total. The van der Waals surface area contributed by atoms with E-state index in [-0.39, 0.29) is 5.91 Å². The number of rotatable bonds is 2. The number of hydrogen-bond acceptors (Lipinski definition) is 6. The number of piperidine rings is 1. The number of fused-ring (bicyclic) bond motifs is 1. The lowest BCUT2D eigenvalue weighted by atomic mass is 9.95. The Labute approximate surface area is 122 Å². The summed E-state index contributed by atoms with van der Waals surface area (Å²) in [5.74, 6) is 0.544. The topological polar surface area (TPSA) is 78.3 Å². The summed E-state index contributed by atoms with van der Waals surface area (Å²) in [6.07, 6.45) is 3.59.